The molecule has 0 aliphatic rings. The number of rotatable bonds is 10. The van der Waals surface area contributed by atoms with Gasteiger partial charge < -0.3 is 18.9 Å². The van der Waals surface area contributed by atoms with Crippen molar-refractivity contribution in [1.82, 2.24) is 0 Å². The molecule has 0 fully saturated rings. The van der Waals surface area contributed by atoms with E-state index in [2.05, 4.69) is 0 Å². The molecule has 0 heterocycles. The van der Waals surface area contributed by atoms with Gasteiger partial charge in [-0.2, -0.15) is 0 Å². The molecule has 4 rings (SSSR count). The van der Waals surface area contributed by atoms with Crippen LogP contribution in [-0.2, 0) is 16.5 Å². The van der Waals surface area contributed by atoms with Crippen LogP contribution in [0.25, 0.3) is 0 Å². The summed E-state index contributed by atoms with van der Waals surface area (Å²) in [6, 6.07) is 25.7. The average Bonchev–Trinajstić information content (AvgIpc) is 3.03. The molecule has 0 radical (unpaired) electrons. The molecule has 4 aromatic carbocycles. The molecule has 0 aliphatic heterocycles. The van der Waals surface area contributed by atoms with E-state index in [4.69, 9.17) is 91.0 Å². The molecule has 0 aliphatic carbocycles. The number of hydrogen-bond acceptors (Lipinski definition) is 8. The van der Waals surface area contributed by atoms with Gasteiger partial charge in [-0.25, -0.2) is 0 Å². The Labute approximate surface area is 293 Å². The Morgan fingerprint density at radius 2 is 0.791 bits per heavy atom. The second-order valence-electron chi connectivity index (χ2n) is 8.42. The minimum absolute atomic E-state index is 0. The van der Waals surface area contributed by atoms with Crippen LogP contribution in [0.4, 0.5) is 0 Å². The van der Waals surface area contributed by atoms with Crippen LogP contribution in [0.1, 0.15) is 22.3 Å². The standard InChI is InChI=1S/2C16H13ClO2S2.Ni/c2*1-18-13-8-7-10(9-14(13)19-2)15(20)16(21)11-5-3-4-6-12(11)17;/h2*3-9H,1-2H3;. The third-order valence-corrected chi connectivity index (χ3v) is 8.59. The van der Waals surface area contributed by atoms with E-state index in [1.165, 1.54) is 0 Å². The summed E-state index contributed by atoms with van der Waals surface area (Å²) in [5.74, 6) is 2.51. The first-order valence-electron chi connectivity index (χ1n) is 12.3. The van der Waals surface area contributed by atoms with Crippen LogP contribution in [-0.4, -0.2) is 47.9 Å². The average molecular weight is 732 g/mol. The van der Waals surface area contributed by atoms with E-state index in [0.717, 1.165) is 22.3 Å². The van der Waals surface area contributed by atoms with Crippen LogP contribution in [0.3, 0.4) is 0 Å². The van der Waals surface area contributed by atoms with E-state index < -0.39 is 0 Å². The summed E-state index contributed by atoms with van der Waals surface area (Å²) in [7, 11) is 6.34. The third-order valence-electron chi connectivity index (χ3n) is 5.94. The minimum atomic E-state index is 0. The number of halogens is 2. The van der Waals surface area contributed by atoms with Crippen LogP contribution in [0.5, 0.6) is 23.0 Å². The minimum Gasteiger partial charge on any atom is -0.493 e. The molecule has 0 unspecified atom stereocenters. The second kappa shape index (κ2) is 17.7. The summed E-state index contributed by atoms with van der Waals surface area (Å²) in [6.07, 6.45) is 0. The summed E-state index contributed by atoms with van der Waals surface area (Å²) in [6.45, 7) is 0. The van der Waals surface area contributed by atoms with Gasteiger partial charge in [-0.05, 0) is 59.7 Å². The Balaban J connectivity index is 0.000000293. The number of benzene rings is 4. The van der Waals surface area contributed by atoms with Gasteiger partial charge in [0.1, 0.15) is 0 Å². The maximum absolute atomic E-state index is 6.17. The van der Waals surface area contributed by atoms with Gasteiger partial charge in [-0.1, -0.05) is 108 Å². The van der Waals surface area contributed by atoms with E-state index in [9.17, 15) is 0 Å². The maximum Gasteiger partial charge on any atom is 0.161 e. The zero-order valence-corrected chi connectivity index (χ0v) is 29.2. The molecule has 0 saturated heterocycles. The molecule has 43 heavy (non-hydrogen) atoms. The monoisotopic (exact) mass is 730 g/mol. The van der Waals surface area contributed by atoms with E-state index in [-0.39, 0.29) is 16.5 Å². The Hall–Kier alpha value is -2.49. The summed E-state index contributed by atoms with van der Waals surface area (Å²) in [4.78, 5) is 2.20. The fourth-order valence-electron chi connectivity index (χ4n) is 3.75. The van der Waals surface area contributed by atoms with Gasteiger partial charge in [0, 0.05) is 37.7 Å². The first-order chi connectivity index (χ1) is 20.2. The Morgan fingerprint density at radius 1 is 0.465 bits per heavy atom. The van der Waals surface area contributed by atoms with Crippen molar-refractivity contribution >= 4 is 91.5 Å². The molecule has 0 saturated carbocycles. The third kappa shape index (κ3) is 9.25. The topological polar surface area (TPSA) is 36.9 Å². The first kappa shape index (κ1) is 36.7. The van der Waals surface area contributed by atoms with Crippen molar-refractivity contribution in [2.75, 3.05) is 28.4 Å². The van der Waals surface area contributed by atoms with Crippen LogP contribution in [0.2, 0.25) is 10.0 Å². The summed E-state index contributed by atoms with van der Waals surface area (Å²) in [5.41, 5.74) is 3.11. The smallest absolute Gasteiger partial charge is 0.161 e. The molecule has 4 aromatic rings. The van der Waals surface area contributed by atoms with Gasteiger partial charge in [0.25, 0.3) is 0 Å². The predicted octanol–water partition coefficient (Wildman–Crippen LogP) is 8.98. The summed E-state index contributed by atoms with van der Waals surface area (Å²) >= 11 is 34.2. The van der Waals surface area contributed by atoms with Gasteiger partial charge in [0.05, 0.1) is 47.9 Å². The fraction of sp³-hybridized carbons (Fsp3) is 0.125. The molecular formula is C32H26Cl2NiO4S4. The SMILES string of the molecule is COc1ccc(C(=S)C(=S)c2ccccc2Cl)cc1OC.COc1ccc(C(=S)C(=S)c2ccccc2Cl)cc1OC.[Ni]. The van der Waals surface area contributed by atoms with Crippen molar-refractivity contribution in [3.05, 3.63) is 117 Å². The van der Waals surface area contributed by atoms with E-state index in [1.54, 1.807) is 52.7 Å². The molecule has 0 amide bonds. The zero-order valence-electron chi connectivity index (χ0n) is 23.4. The Morgan fingerprint density at radius 3 is 1.09 bits per heavy atom. The molecular weight excluding hydrogens is 706 g/mol. The fourth-order valence-corrected chi connectivity index (χ4v) is 5.39. The molecule has 0 spiro atoms. The number of hydrogen-bond donors (Lipinski definition) is 0. The predicted molar refractivity (Wildman–Crippen MR) is 189 cm³/mol. The molecule has 226 valence electrons. The van der Waals surface area contributed by atoms with Crippen molar-refractivity contribution in [1.29, 1.82) is 0 Å². The van der Waals surface area contributed by atoms with Gasteiger partial charge in [-0.3, -0.25) is 0 Å². The number of ether oxygens (including phenoxy) is 4. The number of thiocarbonyl (C=S) groups is 4. The van der Waals surface area contributed by atoms with Crippen molar-refractivity contribution in [2.24, 2.45) is 0 Å². The Kier molecular flexibility index (Phi) is 15.1. The van der Waals surface area contributed by atoms with E-state index in [0.29, 0.717) is 52.5 Å². The molecule has 0 aromatic heterocycles. The van der Waals surface area contributed by atoms with Gasteiger partial charge in [-0.15, -0.1) is 0 Å². The summed E-state index contributed by atoms with van der Waals surface area (Å²) in [5, 5.41) is 1.18. The van der Waals surface area contributed by atoms with Crippen LogP contribution in [0, 0.1) is 0 Å². The van der Waals surface area contributed by atoms with Crippen molar-refractivity contribution in [3.63, 3.8) is 0 Å². The summed E-state index contributed by atoms with van der Waals surface area (Å²) < 4.78 is 21.0. The van der Waals surface area contributed by atoms with Crippen molar-refractivity contribution in [3.8, 4) is 23.0 Å². The largest absolute Gasteiger partial charge is 0.493 e. The van der Waals surface area contributed by atoms with E-state index in [1.807, 2.05) is 60.7 Å². The van der Waals surface area contributed by atoms with Crippen molar-refractivity contribution in [2.45, 2.75) is 0 Å². The van der Waals surface area contributed by atoms with Gasteiger partial charge in [0.2, 0.25) is 0 Å². The van der Waals surface area contributed by atoms with Crippen molar-refractivity contribution < 1.29 is 35.4 Å². The van der Waals surface area contributed by atoms with Gasteiger partial charge in [0.15, 0.2) is 23.0 Å². The van der Waals surface area contributed by atoms with Crippen LogP contribution in [0.15, 0.2) is 84.9 Å². The quantitative estimate of drug-likeness (QED) is 0.0910. The second-order valence-corrected chi connectivity index (χ2v) is 10.9. The maximum atomic E-state index is 6.17. The Bertz CT molecular complexity index is 1520. The van der Waals surface area contributed by atoms with Crippen LogP contribution < -0.4 is 18.9 Å². The van der Waals surface area contributed by atoms with Gasteiger partial charge >= 0.3 is 0 Å². The molecule has 0 atom stereocenters. The normalized spacial score (nSPS) is 9.81. The molecule has 0 bridgehead atoms. The number of methoxy groups -OCH3 is 4. The van der Waals surface area contributed by atoms with Crippen LogP contribution >= 0.6 is 72.1 Å². The zero-order chi connectivity index (χ0) is 30.8. The molecule has 4 nitrogen and oxygen atoms in total. The first-order valence-corrected chi connectivity index (χ1v) is 14.7. The molecule has 0 N–H and O–H groups in total. The molecule has 11 heteroatoms. The van der Waals surface area contributed by atoms with E-state index >= 15 is 0 Å².